The highest BCUT2D eigenvalue weighted by atomic mass is 31.1. The van der Waals surface area contributed by atoms with Gasteiger partial charge in [-0.15, -0.1) is 0 Å². The fraction of sp³-hybridized carbons (Fsp3) is 0.419. The Labute approximate surface area is 208 Å². The van der Waals surface area contributed by atoms with Crippen molar-refractivity contribution in [2.24, 2.45) is 0 Å². The fourth-order valence-corrected chi connectivity index (χ4v) is 6.95. The van der Waals surface area contributed by atoms with E-state index in [4.69, 9.17) is 9.47 Å². The maximum Gasteiger partial charge on any atom is 0.157 e. The van der Waals surface area contributed by atoms with E-state index in [0.29, 0.717) is 0 Å². The molecule has 3 aromatic rings. The first-order valence-electron chi connectivity index (χ1n) is 13.0. The first kappa shape index (κ1) is 26.6. The quantitative estimate of drug-likeness (QED) is 0.125. The summed E-state index contributed by atoms with van der Waals surface area (Å²) < 4.78 is 11.3. The molecule has 182 valence electrons. The summed E-state index contributed by atoms with van der Waals surface area (Å²) in [6, 6.07) is 31.2. The van der Waals surface area contributed by atoms with E-state index in [0.717, 1.165) is 26.1 Å². The molecule has 0 aromatic heterocycles. The second-order valence-electron chi connectivity index (χ2n) is 8.64. The Kier molecular flexibility index (Phi) is 12.4. The molecule has 0 fully saturated rings. The Balaban J connectivity index is 1.52. The molecule has 0 aliphatic rings. The molecule has 3 rings (SSSR count). The largest absolute Gasteiger partial charge is 0.353 e. The highest BCUT2D eigenvalue weighted by Crippen LogP contribution is 2.34. The van der Waals surface area contributed by atoms with E-state index >= 15 is 0 Å². The van der Waals surface area contributed by atoms with Crippen LogP contribution in [0.3, 0.4) is 0 Å². The van der Waals surface area contributed by atoms with Gasteiger partial charge in [-0.2, -0.15) is 0 Å². The third-order valence-corrected chi connectivity index (χ3v) is 8.65. The second kappa shape index (κ2) is 15.8. The van der Waals surface area contributed by atoms with E-state index in [9.17, 15) is 0 Å². The van der Waals surface area contributed by atoms with Crippen molar-refractivity contribution in [1.82, 2.24) is 0 Å². The molecule has 3 heteroatoms. The molecule has 0 amide bonds. The molecular formula is C31H41O2P. The molecule has 0 aliphatic heterocycles. The maximum absolute atomic E-state index is 5.65. The van der Waals surface area contributed by atoms with Gasteiger partial charge in [0.05, 0.1) is 0 Å². The lowest BCUT2D eigenvalue weighted by Crippen LogP contribution is -2.23. The van der Waals surface area contributed by atoms with Gasteiger partial charge in [0.1, 0.15) is 0 Å². The molecule has 0 radical (unpaired) electrons. The Morgan fingerprint density at radius 2 is 1.09 bits per heavy atom. The van der Waals surface area contributed by atoms with Crippen molar-refractivity contribution in [3.63, 3.8) is 0 Å². The molecule has 0 heterocycles. The summed E-state index contributed by atoms with van der Waals surface area (Å²) in [5, 5.41) is 4.36. The lowest BCUT2D eigenvalue weighted by molar-refractivity contribution is -0.140. The van der Waals surface area contributed by atoms with Crippen LogP contribution in [-0.2, 0) is 15.9 Å². The van der Waals surface area contributed by atoms with Gasteiger partial charge in [-0.05, 0) is 68.9 Å². The Morgan fingerprint density at radius 3 is 1.68 bits per heavy atom. The van der Waals surface area contributed by atoms with Gasteiger partial charge in [-0.1, -0.05) is 111 Å². The van der Waals surface area contributed by atoms with E-state index in [1.54, 1.807) is 0 Å². The van der Waals surface area contributed by atoms with Crippen LogP contribution in [0.2, 0.25) is 0 Å². The zero-order valence-electron chi connectivity index (χ0n) is 21.0. The number of hydrogen-bond donors (Lipinski definition) is 0. The first-order chi connectivity index (χ1) is 16.8. The smallest absolute Gasteiger partial charge is 0.157 e. The van der Waals surface area contributed by atoms with Crippen LogP contribution in [0.4, 0.5) is 0 Å². The number of benzene rings is 3. The predicted octanol–water partition coefficient (Wildman–Crippen LogP) is 7.12. The van der Waals surface area contributed by atoms with Crippen LogP contribution >= 0.6 is 7.92 Å². The van der Waals surface area contributed by atoms with Gasteiger partial charge in [0.15, 0.2) is 6.29 Å². The van der Waals surface area contributed by atoms with Crippen molar-refractivity contribution in [2.75, 3.05) is 13.2 Å². The zero-order chi connectivity index (χ0) is 23.8. The van der Waals surface area contributed by atoms with E-state index in [1.165, 1.54) is 60.0 Å². The topological polar surface area (TPSA) is 18.5 Å². The molecule has 0 spiro atoms. The van der Waals surface area contributed by atoms with Gasteiger partial charge in [0, 0.05) is 13.2 Å². The number of rotatable bonds is 16. The molecule has 0 atom stereocenters. The minimum absolute atomic E-state index is 0.0179. The van der Waals surface area contributed by atoms with E-state index in [-0.39, 0.29) is 6.29 Å². The highest BCUT2D eigenvalue weighted by molar-refractivity contribution is 7.79. The molecular weight excluding hydrogens is 435 g/mol. The standard InChI is InChI=1S/C31H41O2P/c1-3-32-31(33-4-2)26-16-8-6-5-7-11-19-27-20-17-18-25-30(27)34(28-21-12-9-13-22-28)29-23-14-10-15-24-29/h9-10,12-15,17-18,20-25,31H,3-8,11,16,19,26H2,1-2H3. The van der Waals surface area contributed by atoms with Gasteiger partial charge in [-0.25, -0.2) is 0 Å². The summed E-state index contributed by atoms with van der Waals surface area (Å²) >= 11 is 0. The van der Waals surface area contributed by atoms with Crippen LogP contribution in [0.15, 0.2) is 84.9 Å². The van der Waals surface area contributed by atoms with Crippen LogP contribution in [0, 0.1) is 0 Å². The number of aryl methyl sites for hydroxylation is 1. The van der Waals surface area contributed by atoms with E-state index in [1.807, 2.05) is 13.8 Å². The SMILES string of the molecule is CCOC(CCCCCCCCc1ccccc1P(c1ccccc1)c1ccccc1)OCC. The van der Waals surface area contributed by atoms with Gasteiger partial charge >= 0.3 is 0 Å². The molecule has 2 nitrogen and oxygen atoms in total. The molecule has 0 aliphatic carbocycles. The summed E-state index contributed by atoms with van der Waals surface area (Å²) in [5.74, 6) is 0. The zero-order valence-corrected chi connectivity index (χ0v) is 21.9. The van der Waals surface area contributed by atoms with Crippen molar-refractivity contribution in [3.05, 3.63) is 90.5 Å². The third kappa shape index (κ3) is 8.66. The van der Waals surface area contributed by atoms with E-state index in [2.05, 4.69) is 84.9 Å². The predicted molar refractivity (Wildman–Crippen MR) is 148 cm³/mol. The average molecular weight is 477 g/mol. The van der Waals surface area contributed by atoms with Crippen molar-refractivity contribution >= 4 is 23.8 Å². The lowest BCUT2D eigenvalue weighted by atomic mass is 10.0. The van der Waals surface area contributed by atoms with Gasteiger partial charge in [0.25, 0.3) is 0 Å². The van der Waals surface area contributed by atoms with Crippen molar-refractivity contribution in [1.29, 1.82) is 0 Å². The molecule has 3 aromatic carbocycles. The minimum Gasteiger partial charge on any atom is -0.353 e. The van der Waals surface area contributed by atoms with Crippen LogP contribution in [0.5, 0.6) is 0 Å². The van der Waals surface area contributed by atoms with Gasteiger partial charge < -0.3 is 9.47 Å². The molecule has 0 unspecified atom stereocenters. The molecule has 34 heavy (non-hydrogen) atoms. The molecule has 0 saturated carbocycles. The van der Waals surface area contributed by atoms with Crippen LogP contribution in [0.25, 0.3) is 0 Å². The van der Waals surface area contributed by atoms with Gasteiger partial charge in [-0.3, -0.25) is 0 Å². The van der Waals surface area contributed by atoms with Crippen LogP contribution in [0.1, 0.15) is 64.4 Å². The van der Waals surface area contributed by atoms with Crippen molar-refractivity contribution < 1.29 is 9.47 Å². The first-order valence-corrected chi connectivity index (χ1v) is 14.4. The van der Waals surface area contributed by atoms with Crippen LogP contribution in [-0.4, -0.2) is 19.5 Å². The van der Waals surface area contributed by atoms with Crippen molar-refractivity contribution in [2.45, 2.75) is 71.5 Å². The lowest BCUT2D eigenvalue weighted by Gasteiger charge is -2.22. The molecule has 0 N–H and O–H groups in total. The summed E-state index contributed by atoms with van der Waals surface area (Å²) in [6.45, 7) is 5.52. The fourth-order valence-electron chi connectivity index (χ4n) is 4.44. The maximum atomic E-state index is 5.65. The molecule has 0 saturated heterocycles. The summed E-state index contributed by atoms with van der Waals surface area (Å²) in [6.07, 6.45) is 9.76. The third-order valence-electron chi connectivity index (χ3n) is 6.10. The highest BCUT2D eigenvalue weighted by Gasteiger charge is 2.18. The summed E-state index contributed by atoms with van der Waals surface area (Å²) in [7, 11) is -0.536. The summed E-state index contributed by atoms with van der Waals surface area (Å²) in [4.78, 5) is 0. The second-order valence-corrected chi connectivity index (χ2v) is 10.8. The van der Waals surface area contributed by atoms with Crippen LogP contribution < -0.4 is 15.9 Å². The normalized spacial score (nSPS) is 11.4. The number of ether oxygens (including phenoxy) is 2. The van der Waals surface area contributed by atoms with Gasteiger partial charge in [0.2, 0.25) is 0 Å². The molecule has 0 bridgehead atoms. The average Bonchev–Trinajstić information content (AvgIpc) is 2.88. The Bertz CT molecular complexity index is 867. The van der Waals surface area contributed by atoms with E-state index < -0.39 is 7.92 Å². The number of hydrogen-bond acceptors (Lipinski definition) is 2. The van der Waals surface area contributed by atoms with Crippen molar-refractivity contribution in [3.8, 4) is 0 Å². The number of unbranched alkanes of at least 4 members (excludes halogenated alkanes) is 5. The summed E-state index contributed by atoms with van der Waals surface area (Å²) in [5.41, 5.74) is 1.51. The monoisotopic (exact) mass is 476 g/mol. The Morgan fingerprint density at radius 1 is 0.588 bits per heavy atom. The Hall–Kier alpha value is -1.99. The minimum atomic E-state index is -0.536.